The first-order chi connectivity index (χ1) is 11.2. The van der Waals surface area contributed by atoms with E-state index in [9.17, 15) is 0 Å². The zero-order valence-corrected chi connectivity index (χ0v) is 13.6. The van der Waals surface area contributed by atoms with Gasteiger partial charge in [-0.3, -0.25) is 5.84 Å². The molecule has 2 aromatic rings. The van der Waals surface area contributed by atoms with Gasteiger partial charge in [-0.2, -0.15) is 0 Å². The Morgan fingerprint density at radius 1 is 1.22 bits per heavy atom. The maximum absolute atomic E-state index is 6.14. The number of aryl methyl sites for hydroxylation is 2. The van der Waals surface area contributed by atoms with Crippen molar-refractivity contribution < 1.29 is 0 Å². The van der Waals surface area contributed by atoms with E-state index in [0.29, 0.717) is 0 Å². The third-order valence-electron chi connectivity index (χ3n) is 4.40. The van der Waals surface area contributed by atoms with Gasteiger partial charge >= 0.3 is 0 Å². The van der Waals surface area contributed by atoms with E-state index in [2.05, 4.69) is 26.6 Å². The zero-order valence-electron chi connectivity index (χ0n) is 13.6. The Morgan fingerprint density at radius 3 is 2.96 bits per heavy atom. The lowest BCUT2D eigenvalue weighted by molar-refractivity contribution is 0.278. The smallest absolute Gasteiger partial charge is 0.0945 e. The molecule has 1 aromatic heterocycles. The number of imidazole rings is 1. The lowest BCUT2D eigenvalue weighted by Crippen LogP contribution is -2.41. The average Bonchev–Trinajstić information content (AvgIpc) is 3.06. The summed E-state index contributed by atoms with van der Waals surface area (Å²) in [5, 5.41) is 1.91. The highest BCUT2D eigenvalue weighted by atomic mass is 15.4. The second-order valence-electron chi connectivity index (χ2n) is 6.17. The van der Waals surface area contributed by atoms with Crippen molar-refractivity contribution in [3.05, 3.63) is 42.5 Å². The number of nitrogen functional groups attached to an aromatic ring is 1. The van der Waals surface area contributed by atoms with Gasteiger partial charge in [-0.15, -0.1) is 0 Å². The Hall–Kier alpha value is -2.05. The third kappa shape index (κ3) is 4.24. The fourth-order valence-electron chi connectivity index (χ4n) is 3.14. The number of aromatic nitrogens is 2. The summed E-state index contributed by atoms with van der Waals surface area (Å²) >= 11 is 0. The number of rotatable bonds is 7. The van der Waals surface area contributed by atoms with Crippen LogP contribution in [0.15, 0.2) is 36.9 Å². The molecular formula is C17H26N6. The summed E-state index contributed by atoms with van der Waals surface area (Å²) in [6.07, 6.45) is 8.99. The molecule has 1 aliphatic heterocycles. The SMILES string of the molecule is Nc1ccc2c(c1)N(CCN(N)CCCn1ccnc1)CCC2. The summed E-state index contributed by atoms with van der Waals surface area (Å²) in [5.74, 6) is 6.14. The molecule has 0 saturated carbocycles. The minimum absolute atomic E-state index is 0.834. The van der Waals surface area contributed by atoms with Crippen LogP contribution in [0.2, 0.25) is 0 Å². The quantitative estimate of drug-likeness (QED) is 0.460. The molecule has 4 N–H and O–H groups in total. The Bertz CT molecular complexity index is 610. The van der Waals surface area contributed by atoms with Crippen LogP contribution in [0.4, 0.5) is 11.4 Å². The van der Waals surface area contributed by atoms with Gasteiger partial charge in [0.25, 0.3) is 0 Å². The summed E-state index contributed by atoms with van der Waals surface area (Å²) in [6.45, 7) is 4.72. The van der Waals surface area contributed by atoms with Crippen LogP contribution in [0.3, 0.4) is 0 Å². The van der Waals surface area contributed by atoms with E-state index in [-0.39, 0.29) is 0 Å². The molecule has 2 heterocycles. The molecule has 1 aliphatic rings. The fraction of sp³-hybridized carbons (Fsp3) is 0.471. The van der Waals surface area contributed by atoms with Gasteiger partial charge in [0.1, 0.15) is 0 Å². The summed E-state index contributed by atoms with van der Waals surface area (Å²) in [6, 6.07) is 6.24. The number of fused-ring (bicyclic) bond motifs is 1. The summed E-state index contributed by atoms with van der Waals surface area (Å²) in [4.78, 5) is 6.45. The van der Waals surface area contributed by atoms with Crippen molar-refractivity contribution in [2.45, 2.75) is 25.8 Å². The highest BCUT2D eigenvalue weighted by Gasteiger charge is 2.17. The first kappa shape index (κ1) is 15.8. The summed E-state index contributed by atoms with van der Waals surface area (Å²) in [7, 11) is 0. The van der Waals surface area contributed by atoms with Gasteiger partial charge in [-0.05, 0) is 37.0 Å². The minimum atomic E-state index is 0.834. The largest absolute Gasteiger partial charge is 0.399 e. The highest BCUT2D eigenvalue weighted by Crippen LogP contribution is 2.28. The second-order valence-corrected chi connectivity index (χ2v) is 6.17. The normalized spacial score (nSPS) is 14.3. The molecule has 0 spiro atoms. The molecule has 6 nitrogen and oxygen atoms in total. The number of nitrogens with two attached hydrogens (primary N) is 2. The van der Waals surface area contributed by atoms with Crippen molar-refractivity contribution in [3.8, 4) is 0 Å². The molecule has 124 valence electrons. The fourth-order valence-corrected chi connectivity index (χ4v) is 3.14. The lowest BCUT2D eigenvalue weighted by atomic mass is 10.0. The number of hydrazine groups is 1. The Morgan fingerprint density at radius 2 is 2.13 bits per heavy atom. The molecule has 0 bridgehead atoms. The standard InChI is InChI=1S/C17H26N6/c18-16-5-4-15-3-1-8-22(17(15)13-16)11-12-23(19)9-2-7-21-10-6-20-14-21/h4-6,10,13-14H,1-3,7-9,11-12,18-19H2. The van der Waals surface area contributed by atoms with Crippen molar-refractivity contribution in [3.63, 3.8) is 0 Å². The summed E-state index contributed by atoms with van der Waals surface area (Å²) in [5.41, 5.74) is 9.45. The van der Waals surface area contributed by atoms with Crippen LogP contribution >= 0.6 is 0 Å². The van der Waals surface area contributed by atoms with Crippen LogP contribution in [-0.2, 0) is 13.0 Å². The van der Waals surface area contributed by atoms with Gasteiger partial charge in [-0.1, -0.05) is 6.07 Å². The topological polar surface area (TPSA) is 76.3 Å². The Labute approximate surface area is 137 Å². The summed E-state index contributed by atoms with van der Waals surface area (Å²) < 4.78 is 2.08. The molecule has 0 saturated heterocycles. The second kappa shape index (κ2) is 7.48. The van der Waals surface area contributed by atoms with Crippen molar-refractivity contribution in [1.29, 1.82) is 0 Å². The third-order valence-corrected chi connectivity index (χ3v) is 4.40. The zero-order chi connectivity index (χ0) is 16.1. The molecule has 0 fully saturated rings. The average molecular weight is 314 g/mol. The maximum Gasteiger partial charge on any atom is 0.0945 e. The highest BCUT2D eigenvalue weighted by molar-refractivity contribution is 5.62. The molecule has 1 aromatic carbocycles. The van der Waals surface area contributed by atoms with Crippen LogP contribution in [0, 0.1) is 0 Å². The first-order valence-corrected chi connectivity index (χ1v) is 8.31. The molecule has 0 amide bonds. The van der Waals surface area contributed by atoms with E-state index in [4.69, 9.17) is 11.6 Å². The van der Waals surface area contributed by atoms with E-state index >= 15 is 0 Å². The number of benzene rings is 1. The predicted molar refractivity (Wildman–Crippen MR) is 94.0 cm³/mol. The number of hydrogen-bond donors (Lipinski definition) is 2. The monoisotopic (exact) mass is 314 g/mol. The molecule has 0 atom stereocenters. The van der Waals surface area contributed by atoms with Crippen LogP contribution in [0.25, 0.3) is 0 Å². The van der Waals surface area contributed by atoms with Gasteiger partial charge in [-0.25, -0.2) is 9.99 Å². The van der Waals surface area contributed by atoms with Crippen molar-refractivity contribution in [2.75, 3.05) is 36.8 Å². The van der Waals surface area contributed by atoms with Crippen LogP contribution in [0.5, 0.6) is 0 Å². The van der Waals surface area contributed by atoms with E-state index in [1.54, 1.807) is 6.20 Å². The molecule has 0 radical (unpaired) electrons. The van der Waals surface area contributed by atoms with Crippen molar-refractivity contribution in [1.82, 2.24) is 14.6 Å². The van der Waals surface area contributed by atoms with E-state index < -0.39 is 0 Å². The molecule has 6 heteroatoms. The Balaban J connectivity index is 1.46. The van der Waals surface area contributed by atoms with E-state index in [1.807, 2.05) is 23.6 Å². The van der Waals surface area contributed by atoms with E-state index in [1.165, 1.54) is 17.7 Å². The molecule has 23 heavy (non-hydrogen) atoms. The number of nitrogens with zero attached hydrogens (tertiary/aromatic N) is 4. The molecule has 3 rings (SSSR count). The lowest BCUT2D eigenvalue weighted by Gasteiger charge is -2.32. The predicted octanol–water partition coefficient (Wildman–Crippen LogP) is 1.48. The first-order valence-electron chi connectivity index (χ1n) is 8.31. The van der Waals surface area contributed by atoms with Gasteiger partial charge in [0.2, 0.25) is 0 Å². The maximum atomic E-state index is 6.14. The van der Waals surface area contributed by atoms with Crippen molar-refractivity contribution in [2.24, 2.45) is 5.84 Å². The van der Waals surface area contributed by atoms with Gasteiger partial charge in [0, 0.05) is 56.5 Å². The van der Waals surface area contributed by atoms with Crippen LogP contribution < -0.4 is 16.5 Å². The van der Waals surface area contributed by atoms with Crippen LogP contribution in [0.1, 0.15) is 18.4 Å². The molecule has 0 aliphatic carbocycles. The Kier molecular flexibility index (Phi) is 5.15. The minimum Gasteiger partial charge on any atom is -0.399 e. The molecule has 0 unspecified atom stereocenters. The van der Waals surface area contributed by atoms with Crippen LogP contribution in [-0.4, -0.2) is 40.7 Å². The van der Waals surface area contributed by atoms with E-state index in [0.717, 1.165) is 51.3 Å². The van der Waals surface area contributed by atoms with Gasteiger partial charge in [0.15, 0.2) is 0 Å². The van der Waals surface area contributed by atoms with Crippen molar-refractivity contribution >= 4 is 11.4 Å². The number of anilines is 2. The van der Waals surface area contributed by atoms with Gasteiger partial charge in [0.05, 0.1) is 6.33 Å². The number of hydrogen-bond acceptors (Lipinski definition) is 5. The van der Waals surface area contributed by atoms with Gasteiger partial charge < -0.3 is 15.2 Å². The molecular weight excluding hydrogens is 288 g/mol.